The molecule has 5 aromatic rings. The lowest BCUT2D eigenvalue weighted by Crippen LogP contribution is -2.37. The van der Waals surface area contributed by atoms with Crippen LogP contribution in [0.15, 0.2) is 103 Å². The normalized spacial score (nSPS) is 13.4. The molecule has 47 heavy (non-hydrogen) atoms. The third-order valence-electron chi connectivity index (χ3n) is 8.40. The maximum absolute atomic E-state index is 14.1. The van der Waals surface area contributed by atoms with Crippen LogP contribution >= 0.6 is 0 Å². The highest BCUT2D eigenvalue weighted by Gasteiger charge is 2.41. The second-order valence-electron chi connectivity index (χ2n) is 11.3. The maximum Gasteiger partial charge on any atom is 0.405 e. The molecular formula is C38H32F3N3O3. The number of benzene rings is 5. The first-order valence-corrected chi connectivity index (χ1v) is 15.2. The number of nitrogens with two attached hydrogens (primary N) is 1. The minimum Gasteiger partial charge on any atom is -0.457 e. The topological polar surface area (TPSA) is 93.4 Å². The molecule has 6 rings (SSSR count). The van der Waals surface area contributed by atoms with E-state index in [4.69, 9.17) is 10.5 Å². The monoisotopic (exact) mass is 635 g/mol. The minimum absolute atomic E-state index is 0.261. The Morgan fingerprint density at radius 2 is 1.51 bits per heavy atom. The molecule has 0 saturated heterocycles. The first kappa shape index (κ1) is 31.4. The second kappa shape index (κ2) is 12.7. The molecule has 9 heteroatoms. The Kier molecular flexibility index (Phi) is 8.47. The fourth-order valence-electron chi connectivity index (χ4n) is 6.30. The van der Waals surface area contributed by atoms with Gasteiger partial charge in [0.15, 0.2) is 0 Å². The number of anilines is 2. The van der Waals surface area contributed by atoms with Gasteiger partial charge >= 0.3 is 6.18 Å². The molecule has 5 aromatic carbocycles. The molecule has 1 atom stereocenters. The van der Waals surface area contributed by atoms with Crippen molar-refractivity contribution < 1.29 is 27.5 Å². The van der Waals surface area contributed by atoms with Gasteiger partial charge in [-0.25, -0.2) is 0 Å². The number of halogens is 3. The molecule has 0 saturated carbocycles. The van der Waals surface area contributed by atoms with Crippen LogP contribution in [0.1, 0.15) is 45.5 Å². The molecule has 0 aliphatic heterocycles. The molecule has 4 N–H and O–H groups in total. The highest BCUT2D eigenvalue weighted by atomic mass is 19.4. The summed E-state index contributed by atoms with van der Waals surface area (Å²) >= 11 is 0. The lowest BCUT2D eigenvalue weighted by molar-refractivity contribution is -0.138. The number of carbonyl (C=O) groups is 2. The van der Waals surface area contributed by atoms with E-state index >= 15 is 0 Å². The second-order valence-corrected chi connectivity index (χ2v) is 11.3. The van der Waals surface area contributed by atoms with Gasteiger partial charge in [-0.15, -0.1) is 0 Å². The lowest BCUT2D eigenvalue weighted by Gasteiger charge is -2.23. The number of ether oxygens (including phenoxy) is 1. The predicted molar refractivity (Wildman–Crippen MR) is 178 cm³/mol. The minimum atomic E-state index is -4.60. The summed E-state index contributed by atoms with van der Waals surface area (Å²) in [6, 6.07) is 30.8. The molecule has 0 heterocycles. The van der Waals surface area contributed by atoms with Crippen molar-refractivity contribution in [1.82, 2.24) is 5.32 Å². The first-order valence-electron chi connectivity index (χ1n) is 15.2. The molecule has 0 spiro atoms. The number of hydrogen-bond donors (Lipinski definition) is 3. The van der Waals surface area contributed by atoms with Crippen molar-refractivity contribution in [2.75, 3.05) is 17.6 Å². The highest BCUT2D eigenvalue weighted by Crippen LogP contribution is 2.56. The third-order valence-corrected chi connectivity index (χ3v) is 8.40. The molecule has 6 nitrogen and oxygen atoms in total. The Morgan fingerprint density at radius 3 is 2.19 bits per heavy atom. The van der Waals surface area contributed by atoms with Crippen LogP contribution in [0.2, 0.25) is 0 Å². The van der Waals surface area contributed by atoms with Crippen molar-refractivity contribution in [1.29, 1.82) is 0 Å². The van der Waals surface area contributed by atoms with E-state index in [0.717, 1.165) is 11.1 Å². The number of para-hydroxylation sites is 2. The molecule has 0 radical (unpaired) electrons. The van der Waals surface area contributed by atoms with Gasteiger partial charge in [-0.3, -0.25) is 9.59 Å². The maximum atomic E-state index is 14.1. The zero-order valence-electron chi connectivity index (χ0n) is 25.7. The standard InChI is InChI=1S/C38H32F3N3O3/c1-3-25-31-32(37(46)43-21-38(39,40)41)28-19-12-18-26(23-13-6-4-7-14-23)30(28)33(31)35(22(2)34(25)42)44-36(45)27-17-10-11-20-29(27)47-24-15-8-5-9-16-24/h4-20,32H,3,21,42H2,1-2H3,(H,43,46)(H,44,45). The number of amides is 2. The highest BCUT2D eigenvalue weighted by molar-refractivity contribution is 6.13. The van der Waals surface area contributed by atoms with E-state index in [1.54, 1.807) is 55.5 Å². The van der Waals surface area contributed by atoms with Crippen LogP contribution < -0.4 is 21.1 Å². The van der Waals surface area contributed by atoms with Crippen molar-refractivity contribution in [2.24, 2.45) is 0 Å². The van der Waals surface area contributed by atoms with E-state index in [0.29, 0.717) is 62.7 Å². The lowest BCUT2D eigenvalue weighted by atomic mass is 9.87. The van der Waals surface area contributed by atoms with E-state index in [1.807, 2.05) is 61.5 Å². The van der Waals surface area contributed by atoms with Gasteiger partial charge in [0.2, 0.25) is 5.91 Å². The Hall–Kier alpha value is -5.57. The molecule has 238 valence electrons. The van der Waals surface area contributed by atoms with Gasteiger partial charge in [-0.1, -0.05) is 85.8 Å². The number of nitrogens with one attached hydrogen (secondary N) is 2. The fourth-order valence-corrected chi connectivity index (χ4v) is 6.30. The first-order chi connectivity index (χ1) is 22.6. The molecule has 1 aliphatic rings. The molecule has 0 bridgehead atoms. The van der Waals surface area contributed by atoms with Gasteiger partial charge in [-0.05, 0) is 76.6 Å². The molecule has 1 unspecified atom stereocenters. The Balaban J connectivity index is 1.55. The van der Waals surface area contributed by atoms with Crippen LogP contribution in [0.5, 0.6) is 11.5 Å². The summed E-state index contributed by atoms with van der Waals surface area (Å²) in [5.41, 5.74) is 12.8. The van der Waals surface area contributed by atoms with Crippen molar-refractivity contribution >= 4 is 23.2 Å². The molecule has 2 amide bonds. The molecule has 0 fully saturated rings. The summed E-state index contributed by atoms with van der Waals surface area (Å²) < 4.78 is 45.9. The van der Waals surface area contributed by atoms with E-state index in [2.05, 4.69) is 10.6 Å². The molecule has 1 aliphatic carbocycles. The quantitative estimate of drug-likeness (QED) is 0.149. The van der Waals surface area contributed by atoms with Gasteiger partial charge in [0, 0.05) is 11.3 Å². The Bertz CT molecular complexity index is 1980. The number of nitrogen functional groups attached to an aromatic ring is 1. The van der Waals surface area contributed by atoms with Gasteiger partial charge in [-0.2, -0.15) is 13.2 Å². The van der Waals surface area contributed by atoms with Crippen LogP contribution in [0.4, 0.5) is 24.5 Å². The van der Waals surface area contributed by atoms with E-state index in [1.165, 1.54) is 0 Å². The number of rotatable bonds is 8. The van der Waals surface area contributed by atoms with Gasteiger partial charge < -0.3 is 21.1 Å². The number of alkyl halides is 3. The van der Waals surface area contributed by atoms with Gasteiger partial charge in [0.1, 0.15) is 18.0 Å². The zero-order chi connectivity index (χ0) is 33.3. The number of hydrogen-bond acceptors (Lipinski definition) is 4. The predicted octanol–water partition coefficient (Wildman–Crippen LogP) is 8.64. The smallest absolute Gasteiger partial charge is 0.405 e. The van der Waals surface area contributed by atoms with Crippen molar-refractivity contribution in [3.63, 3.8) is 0 Å². The SMILES string of the molecule is CCc1c(N)c(C)c(NC(=O)c2ccccc2Oc2ccccc2)c2c1C(C(=O)NCC(F)(F)F)c1cccc(-c3ccccc3)c1-2. The summed E-state index contributed by atoms with van der Waals surface area (Å²) in [6.07, 6.45) is -4.19. The average Bonchev–Trinajstić information content (AvgIpc) is 3.41. The summed E-state index contributed by atoms with van der Waals surface area (Å²) in [4.78, 5) is 27.8. The van der Waals surface area contributed by atoms with Crippen molar-refractivity contribution in [2.45, 2.75) is 32.4 Å². The fraction of sp³-hybridized carbons (Fsp3) is 0.158. The largest absolute Gasteiger partial charge is 0.457 e. The number of fused-ring (bicyclic) bond motifs is 3. The van der Waals surface area contributed by atoms with Crippen LogP contribution in [0.3, 0.4) is 0 Å². The van der Waals surface area contributed by atoms with Crippen LogP contribution in [-0.2, 0) is 11.2 Å². The summed E-state index contributed by atoms with van der Waals surface area (Å²) in [5, 5.41) is 5.17. The van der Waals surface area contributed by atoms with Gasteiger partial charge in [0.05, 0.1) is 17.2 Å². The van der Waals surface area contributed by atoms with Crippen LogP contribution in [0, 0.1) is 6.92 Å². The molecule has 0 aromatic heterocycles. The summed E-state index contributed by atoms with van der Waals surface area (Å²) in [6.45, 7) is 2.20. The number of carbonyl (C=O) groups excluding carboxylic acids is 2. The summed E-state index contributed by atoms with van der Waals surface area (Å²) in [7, 11) is 0. The van der Waals surface area contributed by atoms with Gasteiger partial charge in [0.25, 0.3) is 5.91 Å². The molecular weight excluding hydrogens is 603 g/mol. The van der Waals surface area contributed by atoms with Crippen molar-refractivity contribution in [3.8, 4) is 33.8 Å². The van der Waals surface area contributed by atoms with E-state index < -0.39 is 30.5 Å². The zero-order valence-corrected chi connectivity index (χ0v) is 25.7. The third kappa shape index (κ3) is 6.04. The van der Waals surface area contributed by atoms with Crippen LogP contribution in [-0.4, -0.2) is 24.5 Å². The van der Waals surface area contributed by atoms with E-state index in [-0.39, 0.29) is 5.56 Å². The van der Waals surface area contributed by atoms with Crippen molar-refractivity contribution in [3.05, 3.63) is 131 Å². The Labute approximate surface area is 270 Å². The van der Waals surface area contributed by atoms with E-state index in [9.17, 15) is 22.8 Å². The average molecular weight is 636 g/mol. The summed E-state index contributed by atoms with van der Waals surface area (Å²) in [5.74, 6) is -1.49. The van der Waals surface area contributed by atoms with Crippen LogP contribution in [0.25, 0.3) is 22.3 Å². The Morgan fingerprint density at radius 1 is 0.851 bits per heavy atom.